The van der Waals surface area contributed by atoms with Crippen LogP contribution in [-0.2, 0) is 6.18 Å². The molecular weight excluding hydrogens is 585 g/mol. The van der Waals surface area contributed by atoms with Crippen LogP contribution >= 0.6 is 11.6 Å². The molecule has 0 fully saturated rings. The lowest BCUT2D eigenvalue weighted by molar-refractivity contribution is -0.141. The van der Waals surface area contributed by atoms with Crippen LogP contribution in [0.4, 0.5) is 13.2 Å². The summed E-state index contributed by atoms with van der Waals surface area (Å²) in [4.78, 5) is 8.41. The Bertz CT molecular complexity index is 1790. The van der Waals surface area contributed by atoms with E-state index in [4.69, 9.17) is 30.5 Å². The molecule has 3 aromatic carbocycles. The number of aromatic nitrogens is 4. The SMILES string of the molecule is COc1ccc(-c2nn(-c3nc(-c4ccc(C)cc4)cc(C(F)(F)F)n3)c(-c3ccc(OC)c(OC)c3)c2Cl)cc1OC. The molecule has 5 rings (SSSR count). The van der Waals surface area contributed by atoms with Crippen molar-refractivity contribution < 1.29 is 32.1 Å². The third-order valence-corrected chi connectivity index (χ3v) is 7.04. The van der Waals surface area contributed by atoms with Crippen molar-refractivity contribution in [1.82, 2.24) is 19.7 Å². The Labute approximate surface area is 250 Å². The van der Waals surface area contributed by atoms with E-state index in [1.165, 1.54) is 33.1 Å². The van der Waals surface area contributed by atoms with Gasteiger partial charge in [-0.3, -0.25) is 0 Å². The second kappa shape index (κ2) is 11.8. The average molecular weight is 611 g/mol. The number of benzene rings is 3. The van der Waals surface area contributed by atoms with E-state index in [9.17, 15) is 13.2 Å². The second-order valence-electron chi connectivity index (χ2n) is 9.36. The predicted octanol–water partition coefficient (Wildman–Crippen LogP) is 7.68. The minimum atomic E-state index is -4.76. The predicted molar refractivity (Wildman–Crippen MR) is 156 cm³/mol. The molecule has 0 N–H and O–H groups in total. The fourth-order valence-electron chi connectivity index (χ4n) is 4.49. The molecule has 0 aliphatic heterocycles. The van der Waals surface area contributed by atoms with Crippen molar-refractivity contribution in [3.05, 3.63) is 83.0 Å². The summed E-state index contributed by atoms with van der Waals surface area (Å²) >= 11 is 6.99. The first kappa shape index (κ1) is 29.7. The van der Waals surface area contributed by atoms with Crippen LogP contribution in [0.15, 0.2) is 66.7 Å². The maximum atomic E-state index is 14.2. The molecule has 0 spiro atoms. The number of hydrogen-bond acceptors (Lipinski definition) is 7. The molecule has 0 amide bonds. The Morgan fingerprint density at radius 3 is 1.77 bits per heavy atom. The van der Waals surface area contributed by atoms with Gasteiger partial charge in [-0.15, -0.1) is 0 Å². The zero-order valence-corrected chi connectivity index (χ0v) is 24.5. The van der Waals surface area contributed by atoms with Crippen LogP contribution in [0.3, 0.4) is 0 Å². The Morgan fingerprint density at radius 1 is 0.674 bits per heavy atom. The summed E-state index contributed by atoms with van der Waals surface area (Å²) in [5.41, 5.74) is 1.84. The van der Waals surface area contributed by atoms with Crippen molar-refractivity contribution in [1.29, 1.82) is 0 Å². The number of methoxy groups -OCH3 is 4. The van der Waals surface area contributed by atoms with Gasteiger partial charge in [-0.1, -0.05) is 41.4 Å². The molecular formula is C31H26ClF3N4O4. The first-order chi connectivity index (χ1) is 20.6. The van der Waals surface area contributed by atoms with Crippen molar-refractivity contribution >= 4 is 11.6 Å². The highest BCUT2D eigenvalue weighted by Crippen LogP contribution is 2.42. The lowest BCUT2D eigenvalue weighted by Gasteiger charge is -2.14. The van der Waals surface area contributed by atoms with Gasteiger partial charge in [0.25, 0.3) is 5.95 Å². The van der Waals surface area contributed by atoms with Crippen LogP contribution in [0.25, 0.3) is 39.7 Å². The third-order valence-electron chi connectivity index (χ3n) is 6.68. The summed E-state index contributed by atoms with van der Waals surface area (Å²) in [7, 11) is 5.96. The Morgan fingerprint density at radius 2 is 1.21 bits per heavy atom. The molecule has 8 nitrogen and oxygen atoms in total. The van der Waals surface area contributed by atoms with E-state index in [1.807, 2.05) is 6.92 Å². The summed E-state index contributed by atoms with van der Waals surface area (Å²) in [6, 6.07) is 17.9. The fraction of sp³-hybridized carbons (Fsp3) is 0.194. The van der Waals surface area contributed by atoms with E-state index in [2.05, 4.69) is 15.1 Å². The molecule has 0 radical (unpaired) electrons. The van der Waals surface area contributed by atoms with Crippen LogP contribution in [-0.4, -0.2) is 48.2 Å². The highest BCUT2D eigenvalue weighted by molar-refractivity contribution is 6.35. The van der Waals surface area contributed by atoms with Gasteiger partial charge in [-0.05, 0) is 49.4 Å². The van der Waals surface area contributed by atoms with E-state index in [-0.39, 0.29) is 28.1 Å². The number of rotatable bonds is 8. The van der Waals surface area contributed by atoms with Crippen molar-refractivity contribution in [2.24, 2.45) is 0 Å². The Hall–Kier alpha value is -4.77. The molecule has 222 valence electrons. The van der Waals surface area contributed by atoms with Gasteiger partial charge >= 0.3 is 6.18 Å². The quantitative estimate of drug-likeness (QED) is 0.178. The van der Waals surface area contributed by atoms with E-state index in [1.54, 1.807) is 60.7 Å². The zero-order valence-electron chi connectivity index (χ0n) is 23.8. The molecule has 43 heavy (non-hydrogen) atoms. The van der Waals surface area contributed by atoms with Gasteiger partial charge in [0, 0.05) is 16.7 Å². The van der Waals surface area contributed by atoms with Crippen LogP contribution in [0, 0.1) is 6.92 Å². The van der Waals surface area contributed by atoms with Gasteiger partial charge in [0.1, 0.15) is 5.69 Å². The molecule has 0 unspecified atom stereocenters. The van der Waals surface area contributed by atoms with Crippen LogP contribution in [0.5, 0.6) is 23.0 Å². The Kier molecular flexibility index (Phi) is 8.19. The number of nitrogens with zero attached hydrogens (tertiary/aromatic N) is 4. The average Bonchev–Trinajstić information content (AvgIpc) is 3.36. The molecule has 5 aromatic rings. The van der Waals surface area contributed by atoms with Gasteiger partial charge in [-0.25, -0.2) is 9.97 Å². The first-order valence-electron chi connectivity index (χ1n) is 12.8. The lowest BCUT2D eigenvalue weighted by Crippen LogP contribution is -2.14. The number of ether oxygens (including phenoxy) is 4. The number of halogens is 4. The monoisotopic (exact) mass is 610 g/mol. The molecule has 0 saturated carbocycles. The van der Waals surface area contributed by atoms with E-state index < -0.39 is 11.9 Å². The highest BCUT2D eigenvalue weighted by Gasteiger charge is 2.35. The van der Waals surface area contributed by atoms with Gasteiger partial charge < -0.3 is 18.9 Å². The van der Waals surface area contributed by atoms with Gasteiger partial charge in [0.2, 0.25) is 0 Å². The van der Waals surface area contributed by atoms with E-state index in [0.29, 0.717) is 39.7 Å². The zero-order chi connectivity index (χ0) is 30.9. The number of alkyl halides is 3. The van der Waals surface area contributed by atoms with E-state index in [0.717, 1.165) is 11.6 Å². The van der Waals surface area contributed by atoms with Crippen molar-refractivity contribution in [2.45, 2.75) is 13.1 Å². The maximum absolute atomic E-state index is 14.2. The third kappa shape index (κ3) is 5.80. The fourth-order valence-corrected chi connectivity index (χ4v) is 4.83. The van der Waals surface area contributed by atoms with E-state index >= 15 is 0 Å². The Balaban J connectivity index is 1.81. The summed E-state index contributed by atoms with van der Waals surface area (Å²) in [5, 5.41) is 4.79. The molecule has 0 atom stereocenters. The minimum Gasteiger partial charge on any atom is -0.493 e. The van der Waals surface area contributed by atoms with Crippen LogP contribution < -0.4 is 18.9 Å². The molecule has 2 aromatic heterocycles. The number of aryl methyl sites for hydroxylation is 1. The van der Waals surface area contributed by atoms with Crippen molar-refractivity contribution in [3.63, 3.8) is 0 Å². The van der Waals surface area contributed by atoms with Crippen molar-refractivity contribution in [3.8, 4) is 62.7 Å². The minimum absolute atomic E-state index is 0.0647. The number of hydrogen-bond donors (Lipinski definition) is 0. The molecule has 0 bridgehead atoms. The molecule has 12 heteroatoms. The van der Waals surface area contributed by atoms with Crippen LogP contribution in [0.1, 0.15) is 11.3 Å². The smallest absolute Gasteiger partial charge is 0.433 e. The summed E-state index contributed by atoms with van der Waals surface area (Å²) in [5.74, 6) is 1.39. The maximum Gasteiger partial charge on any atom is 0.433 e. The summed E-state index contributed by atoms with van der Waals surface area (Å²) < 4.78 is 65.3. The lowest BCUT2D eigenvalue weighted by atomic mass is 10.1. The molecule has 2 heterocycles. The van der Waals surface area contributed by atoms with Gasteiger partial charge in [0.05, 0.1) is 44.8 Å². The first-order valence-corrected chi connectivity index (χ1v) is 13.2. The molecule has 0 aliphatic rings. The summed E-state index contributed by atoms with van der Waals surface area (Å²) in [6.07, 6.45) is -4.76. The normalized spacial score (nSPS) is 11.4. The highest BCUT2D eigenvalue weighted by atomic mass is 35.5. The van der Waals surface area contributed by atoms with Crippen LogP contribution in [0.2, 0.25) is 5.02 Å². The molecule has 0 aliphatic carbocycles. The second-order valence-corrected chi connectivity index (χ2v) is 9.74. The molecule has 0 saturated heterocycles. The van der Waals surface area contributed by atoms with Gasteiger partial charge in [-0.2, -0.15) is 23.0 Å². The summed E-state index contributed by atoms with van der Waals surface area (Å²) in [6.45, 7) is 1.88. The standard InChI is InChI=1S/C31H26ClF3N4O4/c1-17-6-8-18(9-7-17)21-16-26(31(33,34)35)37-30(36-21)39-29(20-11-13-23(41-3)25(15-20)43-5)27(32)28(38-39)19-10-12-22(40-2)24(14-19)42-4/h6-16H,1-5H3. The van der Waals surface area contributed by atoms with Crippen molar-refractivity contribution in [2.75, 3.05) is 28.4 Å². The topological polar surface area (TPSA) is 80.5 Å². The largest absolute Gasteiger partial charge is 0.493 e. The van der Waals surface area contributed by atoms with Gasteiger partial charge in [0.15, 0.2) is 28.7 Å².